The van der Waals surface area contributed by atoms with E-state index in [-0.39, 0.29) is 0 Å². The van der Waals surface area contributed by atoms with E-state index >= 15 is 0 Å². The molecule has 1 N–H and O–H groups in total. The van der Waals surface area contributed by atoms with Crippen LogP contribution in [0.25, 0.3) is 0 Å². The number of thioether (sulfide) groups is 1. The van der Waals surface area contributed by atoms with E-state index in [1.54, 1.807) is 11.8 Å². The highest BCUT2D eigenvalue weighted by molar-refractivity contribution is 7.98. The van der Waals surface area contributed by atoms with E-state index < -0.39 is 0 Å². The Kier molecular flexibility index (Phi) is 3.49. The fourth-order valence-corrected chi connectivity index (χ4v) is 2.38. The van der Waals surface area contributed by atoms with E-state index in [4.69, 9.17) is 0 Å². The molecule has 2 rings (SSSR count). The maximum Gasteiger partial charge on any atom is 0.0320 e. The van der Waals surface area contributed by atoms with E-state index in [1.165, 1.54) is 36.3 Å². The van der Waals surface area contributed by atoms with Crippen molar-refractivity contribution in [1.29, 1.82) is 0 Å². The average Bonchev–Trinajstić information content (AvgIpc) is 2.30. The van der Waals surface area contributed by atoms with Crippen LogP contribution in [0.5, 0.6) is 0 Å². The molecule has 2 heteroatoms. The normalized spacial score (nSPS) is 22.2. The Morgan fingerprint density at radius 3 is 2.57 bits per heavy atom. The molecule has 0 spiro atoms. The number of nitrogens with one attached hydrogen (secondary N) is 1. The molecule has 0 unspecified atom stereocenters. The van der Waals surface area contributed by atoms with Crippen molar-refractivity contribution >= 4 is 11.8 Å². The van der Waals surface area contributed by atoms with Crippen LogP contribution in [-0.2, 0) is 0 Å². The number of rotatable bonds is 2. The smallest absolute Gasteiger partial charge is 0.0320 e. The lowest BCUT2D eigenvalue weighted by Gasteiger charge is -2.23. The zero-order valence-electron chi connectivity index (χ0n) is 8.62. The standard InChI is InChI=1S/C12H17NS/c1-14-11-7-5-10(6-8-11)12-4-2-3-9-13-12/h5-8,12-13H,2-4,9H2,1H3/t12-/m1/s1. The molecule has 0 amide bonds. The quantitative estimate of drug-likeness (QED) is 0.747. The summed E-state index contributed by atoms with van der Waals surface area (Å²) in [6.07, 6.45) is 6.10. The Labute approximate surface area is 90.3 Å². The lowest BCUT2D eigenvalue weighted by Crippen LogP contribution is -2.26. The van der Waals surface area contributed by atoms with Gasteiger partial charge in [-0.05, 0) is 43.3 Å². The molecule has 1 atom stereocenters. The Balaban J connectivity index is 2.07. The molecule has 1 saturated heterocycles. The second kappa shape index (κ2) is 4.85. The number of piperidine rings is 1. The van der Waals surface area contributed by atoms with Crippen molar-refractivity contribution in [2.45, 2.75) is 30.2 Å². The SMILES string of the molecule is CSc1ccc([C@H]2CCCCN2)cc1. The van der Waals surface area contributed by atoms with E-state index in [2.05, 4.69) is 35.8 Å². The van der Waals surface area contributed by atoms with Crippen molar-refractivity contribution in [3.8, 4) is 0 Å². The minimum atomic E-state index is 0.597. The van der Waals surface area contributed by atoms with Gasteiger partial charge in [0.15, 0.2) is 0 Å². The highest BCUT2D eigenvalue weighted by Crippen LogP contribution is 2.24. The van der Waals surface area contributed by atoms with Crippen LogP contribution in [0.4, 0.5) is 0 Å². The van der Waals surface area contributed by atoms with Crippen LogP contribution in [-0.4, -0.2) is 12.8 Å². The summed E-state index contributed by atoms with van der Waals surface area (Å²) in [4.78, 5) is 1.35. The predicted octanol–water partition coefficient (Wildman–Crippen LogP) is 3.22. The summed E-state index contributed by atoms with van der Waals surface area (Å²) in [5.74, 6) is 0. The molecule has 0 aromatic heterocycles. The average molecular weight is 207 g/mol. The summed E-state index contributed by atoms with van der Waals surface area (Å²) >= 11 is 1.80. The number of benzene rings is 1. The van der Waals surface area contributed by atoms with E-state index in [9.17, 15) is 0 Å². The second-order valence-corrected chi connectivity index (χ2v) is 4.66. The zero-order chi connectivity index (χ0) is 9.80. The molecule has 0 saturated carbocycles. The summed E-state index contributed by atoms with van der Waals surface area (Å²) < 4.78 is 0. The van der Waals surface area contributed by atoms with Crippen LogP contribution in [0.15, 0.2) is 29.2 Å². The monoisotopic (exact) mass is 207 g/mol. The van der Waals surface area contributed by atoms with Gasteiger partial charge in [0.25, 0.3) is 0 Å². The van der Waals surface area contributed by atoms with Gasteiger partial charge in [0, 0.05) is 10.9 Å². The molecule has 0 aliphatic carbocycles. The predicted molar refractivity (Wildman–Crippen MR) is 62.8 cm³/mol. The van der Waals surface area contributed by atoms with Gasteiger partial charge in [-0.25, -0.2) is 0 Å². The van der Waals surface area contributed by atoms with Crippen LogP contribution >= 0.6 is 11.8 Å². The van der Waals surface area contributed by atoms with Crippen LogP contribution in [0.1, 0.15) is 30.9 Å². The van der Waals surface area contributed by atoms with Gasteiger partial charge in [-0.3, -0.25) is 0 Å². The molecule has 1 fully saturated rings. The first-order valence-electron chi connectivity index (χ1n) is 5.27. The third-order valence-electron chi connectivity index (χ3n) is 2.83. The van der Waals surface area contributed by atoms with E-state index in [0.717, 1.165) is 0 Å². The van der Waals surface area contributed by atoms with Gasteiger partial charge in [0.1, 0.15) is 0 Å². The molecule has 1 aliphatic heterocycles. The zero-order valence-corrected chi connectivity index (χ0v) is 9.44. The fraction of sp³-hybridized carbons (Fsp3) is 0.500. The van der Waals surface area contributed by atoms with Crippen molar-refractivity contribution in [3.05, 3.63) is 29.8 Å². The first kappa shape index (κ1) is 10.1. The Hall–Kier alpha value is -0.470. The molecule has 0 bridgehead atoms. The number of hydrogen-bond donors (Lipinski definition) is 1. The maximum atomic E-state index is 3.57. The van der Waals surface area contributed by atoms with Crippen molar-refractivity contribution < 1.29 is 0 Å². The van der Waals surface area contributed by atoms with Gasteiger partial charge in [0.2, 0.25) is 0 Å². The molecule has 1 heterocycles. The summed E-state index contributed by atoms with van der Waals surface area (Å²) in [5, 5.41) is 3.57. The minimum Gasteiger partial charge on any atom is -0.310 e. The Morgan fingerprint density at radius 2 is 2.00 bits per heavy atom. The topological polar surface area (TPSA) is 12.0 Å². The first-order valence-corrected chi connectivity index (χ1v) is 6.50. The summed E-state index contributed by atoms with van der Waals surface area (Å²) in [6, 6.07) is 9.55. The van der Waals surface area contributed by atoms with Crippen LogP contribution in [0.2, 0.25) is 0 Å². The fourth-order valence-electron chi connectivity index (χ4n) is 1.97. The Bertz CT molecular complexity index is 275. The molecule has 1 aromatic carbocycles. The molecular weight excluding hydrogens is 190 g/mol. The van der Waals surface area contributed by atoms with Crippen LogP contribution in [0, 0.1) is 0 Å². The van der Waals surface area contributed by atoms with Crippen molar-refractivity contribution in [1.82, 2.24) is 5.32 Å². The largest absolute Gasteiger partial charge is 0.310 e. The molecule has 0 radical (unpaired) electrons. The van der Waals surface area contributed by atoms with Gasteiger partial charge in [-0.15, -0.1) is 11.8 Å². The lowest BCUT2D eigenvalue weighted by molar-refractivity contribution is 0.412. The third kappa shape index (κ3) is 2.31. The summed E-state index contributed by atoms with van der Waals surface area (Å²) in [5.41, 5.74) is 1.45. The van der Waals surface area contributed by atoms with E-state index in [1.807, 2.05) is 0 Å². The minimum absolute atomic E-state index is 0.597. The molecule has 14 heavy (non-hydrogen) atoms. The third-order valence-corrected chi connectivity index (χ3v) is 3.57. The van der Waals surface area contributed by atoms with Gasteiger partial charge in [-0.2, -0.15) is 0 Å². The molecule has 1 aromatic rings. The molecule has 1 nitrogen and oxygen atoms in total. The van der Waals surface area contributed by atoms with Gasteiger partial charge in [0.05, 0.1) is 0 Å². The highest BCUT2D eigenvalue weighted by atomic mass is 32.2. The van der Waals surface area contributed by atoms with Gasteiger partial charge in [-0.1, -0.05) is 18.6 Å². The second-order valence-electron chi connectivity index (χ2n) is 3.78. The van der Waals surface area contributed by atoms with Crippen molar-refractivity contribution in [3.63, 3.8) is 0 Å². The number of hydrogen-bond acceptors (Lipinski definition) is 2. The van der Waals surface area contributed by atoms with Gasteiger partial charge >= 0.3 is 0 Å². The molecular formula is C12H17NS. The molecule has 76 valence electrons. The van der Waals surface area contributed by atoms with Gasteiger partial charge < -0.3 is 5.32 Å². The highest BCUT2D eigenvalue weighted by Gasteiger charge is 2.13. The van der Waals surface area contributed by atoms with Crippen LogP contribution < -0.4 is 5.32 Å². The van der Waals surface area contributed by atoms with Crippen LogP contribution in [0.3, 0.4) is 0 Å². The van der Waals surface area contributed by atoms with Crippen molar-refractivity contribution in [2.75, 3.05) is 12.8 Å². The van der Waals surface area contributed by atoms with E-state index in [0.29, 0.717) is 6.04 Å². The summed E-state index contributed by atoms with van der Waals surface area (Å²) in [7, 11) is 0. The Morgan fingerprint density at radius 1 is 1.21 bits per heavy atom. The maximum absolute atomic E-state index is 3.57. The van der Waals surface area contributed by atoms with Crippen molar-refractivity contribution in [2.24, 2.45) is 0 Å². The summed E-state index contributed by atoms with van der Waals surface area (Å²) in [6.45, 7) is 1.18. The first-order chi connectivity index (χ1) is 6.90. The molecule has 1 aliphatic rings. The lowest BCUT2D eigenvalue weighted by atomic mass is 9.98.